The molecule has 0 atom stereocenters. The third-order valence-corrected chi connectivity index (χ3v) is 11.6. The van der Waals surface area contributed by atoms with Gasteiger partial charge in [0.05, 0.1) is 5.69 Å². The minimum absolute atomic E-state index is 0.00313. The molecule has 0 bridgehead atoms. The van der Waals surface area contributed by atoms with Crippen LogP contribution in [0.25, 0.3) is 44.5 Å². The van der Waals surface area contributed by atoms with Crippen LogP contribution in [0.5, 0.6) is 0 Å². The summed E-state index contributed by atoms with van der Waals surface area (Å²) in [6.07, 6.45) is 0. The Morgan fingerprint density at radius 3 is 1.42 bits per heavy atom. The maximum Gasteiger partial charge on any atom is 0.252 e. The summed E-state index contributed by atoms with van der Waals surface area (Å²) >= 11 is 0. The van der Waals surface area contributed by atoms with Crippen molar-refractivity contribution < 1.29 is 0 Å². The molecule has 2 nitrogen and oxygen atoms in total. The Kier molecular flexibility index (Phi) is 7.96. The van der Waals surface area contributed by atoms with E-state index in [0.29, 0.717) is 0 Å². The molecule has 9 aromatic rings. The van der Waals surface area contributed by atoms with Gasteiger partial charge in [-0.3, -0.25) is 0 Å². The molecule has 2 aliphatic rings. The van der Waals surface area contributed by atoms with Gasteiger partial charge in [-0.05, 0) is 97.8 Å². The maximum atomic E-state index is 2.53. The van der Waals surface area contributed by atoms with E-state index in [0.717, 1.165) is 11.4 Å². The van der Waals surface area contributed by atoms with E-state index in [1.165, 1.54) is 83.6 Å². The minimum Gasteiger partial charge on any atom is -0.311 e. The number of benzene rings is 9. The number of hydrogen-bond donors (Lipinski definition) is 0. The smallest absolute Gasteiger partial charge is 0.252 e. The zero-order chi connectivity index (χ0) is 37.7. The highest BCUT2D eigenvalue weighted by Gasteiger charge is 2.43. The van der Waals surface area contributed by atoms with Gasteiger partial charge in [0.1, 0.15) is 0 Å². The highest BCUT2D eigenvalue weighted by Crippen LogP contribution is 2.47. The van der Waals surface area contributed by atoms with Crippen LogP contribution in [-0.2, 0) is 0 Å². The fraction of sp³-hybridized carbons (Fsp3) is 0. The Balaban J connectivity index is 1.21. The first-order chi connectivity index (χ1) is 28.3. The van der Waals surface area contributed by atoms with Crippen molar-refractivity contribution in [3.8, 4) is 44.5 Å². The molecule has 0 radical (unpaired) electrons. The van der Waals surface area contributed by atoms with Crippen LogP contribution in [0.15, 0.2) is 224 Å². The lowest BCUT2D eigenvalue weighted by molar-refractivity contribution is 1.25. The molecule has 0 amide bonds. The van der Waals surface area contributed by atoms with E-state index in [1.807, 2.05) is 0 Å². The van der Waals surface area contributed by atoms with Gasteiger partial charge in [0.15, 0.2) is 0 Å². The van der Waals surface area contributed by atoms with Crippen LogP contribution < -0.4 is 26.2 Å². The monoisotopic (exact) mass is 724 g/mol. The summed E-state index contributed by atoms with van der Waals surface area (Å²) < 4.78 is 0. The van der Waals surface area contributed by atoms with E-state index in [1.54, 1.807) is 0 Å². The van der Waals surface area contributed by atoms with E-state index in [-0.39, 0.29) is 6.71 Å². The van der Waals surface area contributed by atoms with Gasteiger partial charge in [-0.1, -0.05) is 182 Å². The van der Waals surface area contributed by atoms with Gasteiger partial charge in [-0.2, -0.15) is 0 Å². The number of hydrogen-bond acceptors (Lipinski definition) is 2. The van der Waals surface area contributed by atoms with Crippen molar-refractivity contribution in [2.45, 2.75) is 0 Å². The number of rotatable bonds is 6. The summed E-state index contributed by atoms with van der Waals surface area (Å²) in [5.74, 6) is 0. The van der Waals surface area contributed by atoms with Gasteiger partial charge >= 0.3 is 0 Å². The molecule has 3 heteroatoms. The molecule has 57 heavy (non-hydrogen) atoms. The average molecular weight is 725 g/mol. The normalized spacial score (nSPS) is 12.5. The first-order valence-corrected chi connectivity index (χ1v) is 19.7. The van der Waals surface area contributed by atoms with Crippen LogP contribution in [0.2, 0.25) is 0 Å². The Morgan fingerprint density at radius 2 is 0.754 bits per heavy atom. The summed E-state index contributed by atoms with van der Waals surface area (Å²) in [5, 5.41) is 0. The summed E-state index contributed by atoms with van der Waals surface area (Å²) in [6.45, 7) is 0.00313. The van der Waals surface area contributed by atoms with Crippen LogP contribution >= 0.6 is 0 Å². The molecule has 2 aliphatic heterocycles. The molecule has 0 saturated heterocycles. The molecular weight excluding hydrogens is 687 g/mol. The summed E-state index contributed by atoms with van der Waals surface area (Å²) in [6, 6.07) is 82.0. The minimum atomic E-state index is 0.00313. The van der Waals surface area contributed by atoms with E-state index < -0.39 is 0 Å². The fourth-order valence-electron chi connectivity index (χ4n) is 9.08. The number of fused-ring (bicyclic) bond motifs is 4. The molecule has 11 rings (SSSR count). The fourth-order valence-corrected chi connectivity index (χ4v) is 9.08. The lowest BCUT2D eigenvalue weighted by Crippen LogP contribution is -2.61. The lowest BCUT2D eigenvalue weighted by atomic mass is 9.33. The van der Waals surface area contributed by atoms with Crippen LogP contribution in [0.1, 0.15) is 0 Å². The second-order valence-corrected chi connectivity index (χ2v) is 14.9. The van der Waals surface area contributed by atoms with Crippen LogP contribution in [0, 0.1) is 0 Å². The van der Waals surface area contributed by atoms with Crippen molar-refractivity contribution in [1.82, 2.24) is 0 Å². The first kappa shape index (κ1) is 33.0. The summed E-state index contributed by atoms with van der Waals surface area (Å²) in [5.41, 5.74) is 20.6. The Hall–Kier alpha value is -7.36. The van der Waals surface area contributed by atoms with Crippen LogP contribution in [0.4, 0.5) is 34.1 Å². The van der Waals surface area contributed by atoms with Crippen LogP contribution in [-0.4, -0.2) is 6.71 Å². The molecule has 2 heterocycles. The van der Waals surface area contributed by atoms with Crippen molar-refractivity contribution in [2.75, 3.05) is 9.80 Å². The number of anilines is 6. The van der Waals surface area contributed by atoms with Gasteiger partial charge in [-0.15, -0.1) is 0 Å². The van der Waals surface area contributed by atoms with E-state index in [2.05, 4.69) is 234 Å². The zero-order valence-corrected chi connectivity index (χ0v) is 31.3. The average Bonchev–Trinajstić information content (AvgIpc) is 3.30. The van der Waals surface area contributed by atoms with E-state index in [9.17, 15) is 0 Å². The van der Waals surface area contributed by atoms with Crippen molar-refractivity contribution in [1.29, 1.82) is 0 Å². The Bertz CT molecular complexity index is 2910. The van der Waals surface area contributed by atoms with Crippen molar-refractivity contribution in [3.63, 3.8) is 0 Å². The highest BCUT2D eigenvalue weighted by molar-refractivity contribution is 7.00. The third-order valence-electron chi connectivity index (χ3n) is 11.6. The topological polar surface area (TPSA) is 6.48 Å². The van der Waals surface area contributed by atoms with Crippen molar-refractivity contribution >= 4 is 57.2 Å². The van der Waals surface area contributed by atoms with Crippen molar-refractivity contribution in [2.24, 2.45) is 0 Å². The van der Waals surface area contributed by atoms with E-state index in [4.69, 9.17) is 0 Å². The van der Waals surface area contributed by atoms with Gasteiger partial charge in [-0.25, -0.2) is 0 Å². The highest BCUT2D eigenvalue weighted by atomic mass is 15.2. The predicted molar refractivity (Wildman–Crippen MR) is 242 cm³/mol. The SMILES string of the molecule is c1ccc(-c2cccc(N3c4ccc(-c5ccccc5)cc4B4c5ccc(-c6ccccc6)cc5N(c5ccccc5-c5ccccc5)c5cccc3c54)c2)cc1. The number of nitrogens with zero attached hydrogens (tertiary/aromatic N) is 2. The molecule has 0 fully saturated rings. The summed E-state index contributed by atoms with van der Waals surface area (Å²) in [4.78, 5) is 5.03. The molecule has 0 unspecified atom stereocenters. The summed E-state index contributed by atoms with van der Waals surface area (Å²) in [7, 11) is 0. The molecule has 266 valence electrons. The first-order valence-electron chi connectivity index (χ1n) is 19.7. The molecule has 9 aromatic carbocycles. The van der Waals surface area contributed by atoms with Gasteiger partial charge in [0, 0.05) is 34.0 Å². The molecule has 0 N–H and O–H groups in total. The molecular formula is C54H37BN2. The second-order valence-electron chi connectivity index (χ2n) is 14.9. The molecule has 0 aliphatic carbocycles. The molecule has 0 aromatic heterocycles. The number of para-hydroxylation sites is 1. The molecule has 0 saturated carbocycles. The quantitative estimate of drug-likeness (QED) is 0.158. The van der Waals surface area contributed by atoms with Gasteiger partial charge in [0.25, 0.3) is 6.71 Å². The Morgan fingerprint density at radius 1 is 0.263 bits per heavy atom. The largest absolute Gasteiger partial charge is 0.311 e. The maximum absolute atomic E-state index is 2.53. The zero-order valence-electron chi connectivity index (χ0n) is 31.3. The van der Waals surface area contributed by atoms with Gasteiger partial charge in [0.2, 0.25) is 0 Å². The third kappa shape index (κ3) is 5.59. The predicted octanol–water partition coefficient (Wildman–Crippen LogP) is 12.4. The van der Waals surface area contributed by atoms with E-state index >= 15 is 0 Å². The van der Waals surface area contributed by atoms with Crippen molar-refractivity contribution in [3.05, 3.63) is 224 Å². The van der Waals surface area contributed by atoms with Crippen LogP contribution in [0.3, 0.4) is 0 Å². The standard InChI is InChI=1S/C54H37BN2/c1-5-17-38(18-6-1)42-25-15-26-45(35-42)56-50-34-32-43(39-19-7-2-8-20-39)36-48(50)55-47-33-31-44(40-21-9-3-10-22-40)37-53(47)57(52-30-16-29-51(56)54(52)55)49-28-14-13-27-46(49)41-23-11-4-12-24-41/h1-37H. The molecule has 0 spiro atoms. The Labute approximate surface area is 334 Å². The lowest BCUT2D eigenvalue weighted by Gasteiger charge is -2.44. The second kappa shape index (κ2) is 13.7. The van der Waals surface area contributed by atoms with Gasteiger partial charge < -0.3 is 9.80 Å².